The second kappa shape index (κ2) is 6.79. The molecule has 2 aromatic rings. The van der Waals surface area contributed by atoms with Gasteiger partial charge in [0, 0.05) is 5.69 Å². The molecule has 0 saturated carbocycles. The summed E-state index contributed by atoms with van der Waals surface area (Å²) in [7, 11) is 0. The number of imide groups is 1. The zero-order chi connectivity index (χ0) is 18.8. The predicted octanol–water partition coefficient (Wildman–Crippen LogP) is 2.26. The zero-order valence-electron chi connectivity index (χ0n) is 14.3. The van der Waals surface area contributed by atoms with Crippen LogP contribution in [0.3, 0.4) is 0 Å². The van der Waals surface area contributed by atoms with Crippen molar-refractivity contribution in [3.8, 4) is 0 Å². The molecule has 1 aliphatic heterocycles. The number of amides is 3. The molecular weight excluding hydrogens is 334 g/mol. The van der Waals surface area contributed by atoms with Crippen molar-refractivity contribution in [2.75, 3.05) is 10.2 Å². The first-order chi connectivity index (χ1) is 12.5. The number of oxime groups is 1. The molecule has 1 atom stereocenters. The summed E-state index contributed by atoms with van der Waals surface area (Å²) in [5.41, 5.74) is 1.87. The Morgan fingerprint density at radius 2 is 1.65 bits per heavy atom. The van der Waals surface area contributed by atoms with E-state index in [4.69, 9.17) is 0 Å². The monoisotopic (exact) mass is 351 g/mol. The van der Waals surface area contributed by atoms with Crippen molar-refractivity contribution < 1.29 is 19.6 Å². The Hall–Kier alpha value is -3.48. The number of nitrogens with one attached hydrogen (secondary N) is 1. The number of rotatable bonds is 3. The quantitative estimate of drug-likeness (QED) is 0.383. The summed E-state index contributed by atoms with van der Waals surface area (Å²) in [5, 5.41) is 14.8. The molecule has 0 spiro atoms. The maximum atomic E-state index is 12.8. The molecule has 26 heavy (non-hydrogen) atoms. The van der Waals surface area contributed by atoms with Gasteiger partial charge in [0.1, 0.15) is 0 Å². The summed E-state index contributed by atoms with van der Waals surface area (Å²) in [6.45, 7) is 3.55. The van der Waals surface area contributed by atoms with E-state index in [0.29, 0.717) is 16.9 Å². The van der Waals surface area contributed by atoms with Crippen LogP contribution in [0.1, 0.15) is 11.1 Å². The molecule has 1 heterocycles. The fourth-order valence-corrected chi connectivity index (χ4v) is 2.88. The first-order valence-corrected chi connectivity index (χ1v) is 7.98. The number of anilines is 2. The normalized spacial score (nSPS) is 18.5. The van der Waals surface area contributed by atoms with Gasteiger partial charge in [-0.2, -0.15) is 0 Å². The highest BCUT2D eigenvalue weighted by Gasteiger charge is 2.50. The van der Waals surface area contributed by atoms with E-state index in [9.17, 15) is 19.6 Å². The lowest BCUT2D eigenvalue weighted by molar-refractivity contribution is -0.127. The molecular formula is C19H17N3O4. The van der Waals surface area contributed by atoms with Crippen LogP contribution in [0.25, 0.3) is 0 Å². The molecule has 1 fully saturated rings. The van der Waals surface area contributed by atoms with Gasteiger partial charge in [0.2, 0.25) is 5.91 Å². The molecule has 2 aromatic carbocycles. The van der Waals surface area contributed by atoms with E-state index in [2.05, 4.69) is 10.5 Å². The minimum atomic E-state index is -1.51. The van der Waals surface area contributed by atoms with Gasteiger partial charge in [-0.1, -0.05) is 41.6 Å². The lowest BCUT2D eigenvalue weighted by Crippen LogP contribution is -2.35. The molecule has 7 heteroatoms. The van der Waals surface area contributed by atoms with Crippen LogP contribution in [0, 0.1) is 19.8 Å². The van der Waals surface area contributed by atoms with Crippen LogP contribution in [0.2, 0.25) is 0 Å². The molecule has 1 unspecified atom stereocenters. The van der Waals surface area contributed by atoms with Crippen LogP contribution in [0.4, 0.5) is 11.4 Å². The summed E-state index contributed by atoms with van der Waals surface area (Å²) >= 11 is 0. The zero-order valence-corrected chi connectivity index (χ0v) is 14.3. The number of hydrogen-bond acceptors (Lipinski definition) is 5. The second-order valence-corrected chi connectivity index (χ2v) is 5.99. The first-order valence-electron chi connectivity index (χ1n) is 7.98. The first kappa shape index (κ1) is 17.3. The standard InChI is InChI=1S/C19H17N3O4/c1-11-7-3-5-9-13(11)20-17(23)15-16(21-26)19(25)22(18(15)24)14-10-6-4-8-12(14)2/h3-10,15,26H,1-2H3,(H,20,23)/b21-16-. The lowest BCUT2D eigenvalue weighted by Gasteiger charge is -2.16. The van der Waals surface area contributed by atoms with E-state index in [0.717, 1.165) is 10.5 Å². The summed E-state index contributed by atoms with van der Waals surface area (Å²) < 4.78 is 0. The Balaban J connectivity index is 1.96. The number of nitrogens with zero attached hydrogens (tertiary/aromatic N) is 2. The number of carbonyl (C=O) groups is 3. The summed E-state index contributed by atoms with van der Waals surface area (Å²) in [5.74, 6) is -3.78. The number of carbonyl (C=O) groups excluding carboxylic acids is 3. The third kappa shape index (κ3) is 2.83. The maximum absolute atomic E-state index is 12.8. The number of aryl methyl sites for hydroxylation is 2. The van der Waals surface area contributed by atoms with Gasteiger partial charge in [-0.3, -0.25) is 14.4 Å². The Bertz CT molecular complexity index is 936. The third-order valence-electron chi connectivity index (χ3n) is 4.29. The molecule has 0 bridgehead atoms. The second-order valence-electron chi connectivity index (χ2n) is 5.99. The maximum Gasteiger partial charge on any atom is 0.284 e. The van der Waals surface area contributed by atoms with E-state index in [1.54, 1.807) is 56.3 Å². The minimum absolute atomic E-state index is 0.356. The number of benzene rings is 2. The van der Waals surface area contributed by atoms with Crippen LogP contribution in [-0.2, 0) is 14.4 Å². The van der Waals surface area contributed by atoms with Gasteiger partial charge in [0.15, 0.2) is 11.6 Å². The molecule has 0 aromatic heterocycles. The van der Waals surface area contributed by atoms with E-state index in [1.165, 1.54) is 0 Å². The van der Waals surface area contributed by atoms with Gasteiger partial charge in [0.05, 0.1) is 5.69 Å². The number of hydrogen-bond donors (Lipinski definition) is 2. The van der Waals surface area contributed by atoms with Crippen molar-refractivity contribution in [2.24, 2.45) is 11.1 Å². The van der Waals surface area contributed by atoms with E-state index in [1.807, 2.05) is 6.07 Å². The average Bonchev–Trinajstić information content (AvgIpc) is 2.87. The van der Waals surface area contributed by atoms with Crippen LogP contribution < -0.4 is 10.2 Å². The van der Waals surface area contributed by atoms with Crippen LogP contribution in [0.15, 0.2) is 53.7 Å². The largest absolute Gasteiger partial charge is 0.410 e. The highest BCUT2D eigenvalue weighted by atomic mass is 16.4. The van der Waals surface area contributed by atoms with Crippen LogP contribution in [0.5, 0.6) is 0 Å². The molecule has 3 amide bonds. The van der Waals surface area contributed by atoms with Gasteiger partial charge in [0.25, 0.3) is 11.8 Å². The minimum Gasteiger partial charge on any atom is -0.410 e. The SMILES string of the molecule is Cc1ccccc1NC(=O)C1C(=O)N(c2ccccc2C)C(=O)/C1=N\O. The van der Waals surface area contributed by atoms with Crippen molar-refractivity contribution in [3.05, 3.63) is 59.7 Å². The van der Waals surface area contributed by atoms with Crippen molar-refractivity contribution in [2.45, 2.75) is 13.8 Å². The molecule has 2 N–H and O–H groups in total. The molecule has 7 nitrogen and oxygen atoms in total. The average molecular weight is 351 g/mol. The smallest absolute Gasteiger partial charge is 0.284 e. The molecule has 0 radical (unpaired) electrons. The van der Waals surface area contributed by atoms with E-state index >= 15 is 0 Å². The third-order valence-corrected chi connectivity index (χ3v) is 4.29. The summed E-state index contributed by atoms with van der Waals surface area (Å²) in [6, 6.07) is 13.8. The summed E-state index contributed by atoms with van der Waals surface area (Å²) in [6.07, 6.45) is 0. The van der Waals surface area contributed by atoms with Crippen molar-refractivity contribution in [1.29, 1.82) is 0 Å². The van der Waals surface area contributed by atoms with Crippen molar-refractivity contribution in [3.63, 3.8) is 0 Å². The van der Waals surface area contributed by atoms with Gasteiger partial charge < -0.3 is 10.5 Å². The Kier molecular flexibility index (Phi) is 4.53. The fraction of sp³-hybridized carbons (Fsp3) is 0.158. The van der Waals surface area contributed by atoms with Crippen LogP contribution in [-0.4, -0.2) is 28.6 Å². The number of para-hydroxylation sites is 2. The Labute approximate surface area is 149 Å². The topological polar surface area (TPSA) is 99.1 Å². The van der Waals surface area contributed by atoms with Gasteiger partial charge in [-0.25, -0.2) is 4.90 Å². The fourth-order valence-electron chi connectivity index (χ4n) is 2.88. The summed E-state index contributed by atoms with van der Waals surface area (Å²) in [4.78, 5) is 38.9. The highest BCUT2D eigenvalue weighted by molar-refractivity contribution is 6.61. The van der Waals surface area contributed by atoms with Gasteiger partial charge >= 0.3 is 0 Å². The lowest BCUT2D eigenvalue weighted by atomic mass is 10.0. The van der Waals surface area contributed by atoms with Gasteiger partial charge in [-0.05, 0) is 37.1 Å². The van der Waals surface area contributed by atoms with Crippen molar-refractivity contribution >= 4 is 34.8 Å². The van der Waals surface area contributed by atoms with E-state index in [-0.39, 0.29) is 0 Å². The van der Waals surface area contributed by atoms with Crippen molar-refractivity contribution in [1.82, 2.24) is 0 Å². The van der Waals surface area contributed by atoms with Gasteiger partial charge in [-0.15, -0.1) is 0 Å². The molecule has 0 aliphatic carbocycles. The Morgan fingerprint density at radius 1 is 1.04 bits per heavy atom. The Morgan fingerprint density at radius 3 is 2.27 bits per heavy atom. The molecule has 1 saturated heterocycles. The molecule has 132 valence electrons. The molecule has 1 aliphatic rings. The highest BCUT2D eigenvalue weighted by Crippen LogP contribution is 2.28. The molecule has 3 rings (SSSR count). The predicted molar refractivity (Wildman–Crippen MR) is 96.2 cm³/mol. The van der Waals surface area contributed by atoms with E-state index < -0.39 is 29.4 Å². The van der Waals surface area contributed by atoms with Crippen LogP contribution >= 0.6 is 0 Å².